The van der Waals surface area contributed by atoms with Crippen molar-refractivity contribution in [3.63, 3.8) is 0 Å². The van der Waals surface area contributed by atoms with Gasteiger partial charge in [0.05, 0.1) is 28.5 Å². The van der Waals surface area contributed by atoms with Gasteiger partial charge in [-0.25, -0.2) is 4.68 Å². The second-order valence-electron chi connectivity index (χ2n) is 7.79. The number of hydrogen-bond acceptors (Lipinski definition) is 5. The van der Waals surface area contributed by atoms with Gasteiger partial charge in [0, 0.05) is 27.2 Å². The molecular formula is C22H30N4O4S. The van der Waals surface area contributed by atoms with Gasteiger partial charge in [0.2, 0.25) is 11.8 Å². The highest BCUT2D eigenvalue weighted by Gasteiger charge is 2.24. The largest absolute Gasteiger partial charge is 0.376 e. The molecule has 1 fully saturated rings. The number of carbonyl (C=O) groups is 2. The number of likely N-dealkylation sites (N-methyl/N-ethyl adjacent to an activating group) is 1. The Balaban J connectivity index is 1.60. The van der Waals surface area contributed by atoms with Crippen LogP contribution in [0.3, 0.4) is 0 Å². The van der Waals surface area contributed by atoms with Gasteiger partial charge in [0.25, 0.3) is 5.56 Å². The molecule has 1 aliphatic heterocycles. The molecule has 1 aromatic heterocycles. The van der Waals surface area contributed by atoms with Crippen LogP contribution in [0.5, 0.6) is 0 Å². The second-order valence-corrected chi connectivity index (χ2v) is 9.12. The molecule has 0 saturated carbocycles. The monoisotopic (exact) mass is 446 g/mol. The van der Waals surface area contributed by atoms with Crippen LogP contribution in [0.4, 0.5) is 5.69 Å². The van der Waals surface area contributed by atoms with E-state index in [1.165, 1.54) is 16.4 Å². The third-order valence-electron chi connectivity index (χ3n) is 5.56. The minimum absolute atomic E-state index is 0.0394. The van der Waals surface area contributed by atoms with Gasteiger partial charge in [-0.2, -0.15) is 0 Å². The van der Waals surface area contributed by atoms with Crippen molar-refractivity contribution in [2.24, 2.45) is 7.05 Å². The van der Waals surface area contributed by atoms with Gasteiger partial charge in [-0.05, 0) is 38.8 Å². The first-order valence-electron chi connectivity index (χ1n) is 10.4. The Labute approximate surface area is 186 Å². The fourth-order valence-electron chi connectivity index (χ4n) is 3.51. The number of rotatable bonds is 8. The maximum absolute atomic E-state index is 12.9. The summed E-state index contributed by atoms with van der Waals surface area (Å²) in [5, 5.41) is 2.28. The Bertz CT molecular complexity index is 979. The molecular weight excluding hydrogens is 416 g/mol. The van der Waals surface area contributed by atoms with E-state index in [1.54, 1.807) is 37.5 Å². The SMILES string of the molecule is Cc1c(NC(=O)C(C)SCC(=O)N(C)CC2CCCO2)c(=O)n(-c2ccccc2)n1C. The fraction of sp³-hybridized carbons (Fsp3) is 0.500. The smallest absolute Gasteiger partial charge is 0.295 e. The zero-order chi connectivity index (χ0) is 22.5. The summed E-state index contributed by atoms with van der Waals surface area (Å²) in [6.45, 7) is 4.85. The van der Waals surface area contributed by atoms with Crippen molar-refractivity contribution in [3.05, 3.63) is 46.4 Å². The van der Waals surface area contributed by atoms with Crippen molar-refractivity contribution in [3.8, 4) is 5.69 Å². The van der Waals surface area contributed by atoms with Gasteiger partial charge in [0.15, 0.2) is 0 Å². The molecule has 0 spiro atoms. The third kappa shape index (κ3) is 5.40. The van der Waals surface area contributed by atoms with Crippen LogP contribution in [-0.2, 0) is 21.4 Å². The first kappa shape index (κ1) is 23.1. The number of anilines is 1. The van der Waals surface area contributed by atoms with E-state index in [4.69, 9.17) is 4.74 Å². The summed E-state index contributed by atoms with van der Waals surface area (Å²) in [6, 6.07) is 9.26. The number of benzene rings is 1. The highest BCUT2D eigenvalue weighted by molar-refractivity contribution is 8.01. The highest BCUT2D eigenvalue weighted by Crippen LogP contribution is 2.18. The molecule has 0 aliphatic carbocycles. The molecule has 2 atom stereocenters. The Morgan fingerprint density at radius 3 is 2.68 bits per heavy atom. The normalized spacial score (nSPS) is 16.8. The van der Waals surface area contributed by atoms with Crippen LogP contribution in [0.15, 0.2) is 35.1 Å². The van der Waals surface area contributed by atoms with Crippen LogP contribution in [0, 0.1) is 6.92 Å². The Morgan fingerprint density at radius 1 is 1.32 bits per heavy atom. The molecule has 1 N–H and O–H groups in total. The van der Waals surface area contributed by atoms with E-state index in [0.717, 1.165) is 25.1 Å². The molecule has 0 bridgehead atoms. The molecule has 168 valence electrons. The van der Waals surface area contributed by atoms with Crippen molar-refractivity contribution in [1.82, 2.24) is 14.3 Å². The lowest BCUT2D eigenvalue weighted by Gasteiger charge is -2.21. The van der Waals surface area contributed by atoms with Crippen LogP contribution in [0.2, 0.25) is 0 Å². The molecule has 8 nitrogen and oxygen atoms in total. The molecule has 2 amide bonds. The molecule has 1 aliphatic rings. The predicted octanol–water partition coefficient (Wildman–Crippen LogP) is 2.18. The Kier molecular flexibility index (Phi) is 7.61. The van der Waals surface area contributed by atoms with E-state index in [0.29, 0.717) is 12.2 Å². The first-order valence-corrected chi connectivity index (χ1v) is 11.5. The summed E-state index contributed by atoms with van der Waals surface area (Å²) in [4.78, 5) is 39.7. The van der Waals surface area contributed by atoms with Crippen LogP contribution < -0.4 is 10.9 Å². The molecule has 3 rings (SSSR count). The van der Waals surface area contributed by atoms with Gasteiger partial charge < -0.3 is 15.0 Å². The van der Waals surface area contributed by atoms with Crippen molar-refractivity contribution in [2.45, 2.75) is 38.0 Å². The topological polar surface area (TPSA) is 85.6 Å². The number of para-hydroxylation sites is 1. The molecule has 1 saturated heterocycles. The minimum atomic E-state index is -0.482. The molecule has 9 heteroatoms. The predicted molar refractivity (Wildman–Crippen MR) is 123 cm³/mol. The van der Waals surface area contributed by atoms with Gasteiger partial charge >= 0.3 is 0 Å². The summed E-state index contributed by atoms with van der Waals surface area (Å²) >= 11 is 1.26. The number of nitrogens with one attached hydrogen (secondary N) is 1. The third-order valence-corrected chi connectivity index (χ3v) is 6.68. The van der Waals surface area contributed by atoms with Crippen molar-refractivity contribution < 1.29 is 14.3 Å². The van der Waals surface area contributed by atoms with Gasteiger partial charge in [-0.15, -0.1) is 11.8 Å². The van der Waals surface area contributed by atoms with Crippen molar-refractivity contribution in [2.75, 3.05) is 31.3 Å². The van der Waals surface area contributed by atoms with E-state index in [1.807, 2.05) is 30.3 Å². The van der Waals surface area contributed by atoms with Crippen LogP contribution >= 0.6 is 11.8 Å². The van der Waals surface area contributed by atoms with Gasteiger partial charge in [-0.3, -0.25) is 19.1 Å². The lowest BCUT2D eigenvalue weighted by Crippen LogP contribution is -2.36. The zero-order valence-corrected chi connectivity index (χ0v) is 19.3. The highest BCUT2D eigenvalue weighted by atomic mass is 32.2. The van der Waals surface area contributed by atoms with Crippen LogP contribution in [0.1, 0.15) is 25.5 Å². The van der Waals surface area contributed by atoms with Crippen LogP contribution in [-0.4, -0.2) is 63.4 Å². The number of nitrogens with zero attached hydrogens (tertiary/aromatic N) is 3. The summed E-state index contributed by atoms with van der Waals surface area (Å²) in [7, 11) is 3.54. The molecule has 2 unspecified atom stereocenters. The number of ether oxygens (including phenoxy) is 1. The summed E-state index contributed by atoms with van der Waals surface area (Å²) in [6.07, 6.45) is 2.11. The molecule has 2 aromatic rings. The quantitative estimate of drug-likeness (QED) is 0.672. The van der Waals surface area contributed by atoms with Crippen LogP contribution in [0.25, 0.3) is 5.69 Å². The summed E-state index contributed by atoms with van der Waals surface area (Å²) in [5.74, 6) is -0.145. The fourth-order valence-corrected chi connectivity index (χ4v) is 4.34. The molecule has 31 heavy (non-hydrogen) atoms. The number of carbonyl (C=O) groups excluding carboxylic acids is 2. The van der Waals surface area contributed by atoms with Gasteiger partial charge in [-0.1, -0.05) is 18.2 Å². The summed E-state index contributed by atoms with van der Waals surface area (Å²) in [5.41, 5.74) is 1.35. The number of hydrogen-bond donors (Lipinski definition) is 1. The van der Waals surface area contributed by atoms with E-state index < -0.39 is 5.25 Å². The van der Waals surface area contributed by atoms with E-state index >= 15 is 0 Å². The number of aromatic nitrogens is 2. The molecule has 1 aromatic carbocycles. The molecule has 0 radical (unpaired) electrons. The standard InChI is InChI=1S/C22H30N4O4S/c1-15-20(22(29)26(25(15)4)17-9-6-5-7-10-17)23-21(28)16(2)31-14-19(27)24(3)13-18-11-8-12-30-18/h5-7,9-10,16,18H,8,11-14H2,1-4H3,(H,23,28). The number of thioether (sulfide) groups is 1. The lowest BCUT2D eigenvalue weighted by atomic mass is 10.2. The maximum Gasteiger partial charge on any atom is 0.295 e. The van der Waals surface area contributed by atoms with Gasteiger partial charge in [0.1, 0.15) is 5.69 Å². The van der Waals surface area contributed by atoms with E-state index in [2.05, 4.69) is 5.32 Å². The average molecular weight is 447 g/mol. The van der Waals surface area contributed by atoms with Crippen molar-refractivity contribution >= 4 is 29.3 Å². The second kappa shape index (κ2) is 10.2. The van der Waals surface area contributed by atoms with E-state index in [9.17, 15) is 14.4 Å². The minimum Gasteiger partial charge on any atom is -0.376 e. The maximum atomic E-state index is 12.9. The average Bonchev–Trinajstić information content (AvgIpc) is 3.34. The first-order chi connectivity index (χ1) is 14.8. The molecule has 2 heterocycles. The Hall–Kier alpha value is -2.52. The summed E-state index contributed by atoms with van der Waals surface area (Å²) < 4.78 is 8.81. The van der Waals surface area contributed by atoms with E-state index in [-0.39, 0.29) is 34.9 Å². The number of amides is 2. The Morgan fingerprint density at radius 2 is 2.03 bits per heavy atom. The zero-order valence-electron chi connectivity index (χ0n) is 18.5. The van der Waals surface area contributed by atoms with Crippen molar-refractivity contribution in [1.29, 1.82) is 0 Å². The lowest BCUT2D eigenvalue weighted by molar-refractivity contribution is -0.128.